The van der Waals surface area contributed by atoms with E-state index in [1.54, 1.807) is 7.11 Å². The lowest BCUT2D eigenvalue weighted by molar-refractivity contribution is 0.185. The quantitative estimate of drug-likeness (QED) is 0.756. The van der Waals surface area contributed by atoms with E-state index in [1.165, 1.54) is 0 Å². The molecule has 102 valence electrons. The Labute approximate surface area is 125 Å². The second-order valence-electron chi connectivity index (χ2n) is 4.11. The highest BCUT2D eigenvalue weighted by Gasteiger charge is 2.11. The minimum absolute atomic E-state index is 0.645. The van der Waals surface area contributed by atoms with Crippen LogP contribution in [0, 0.1) is 0 Å². The number of hydrogen-bond donors (Lipinski definition) is 0. The van der Waals surface area contributed by atoms with E-state index < -0.39 is 0 Å². The molecule has 0 amide bonds. The van der Waals surface area contributed by atoms with Gasteiger partial charge in [-0.2, -0.15) is 0 Å². The van der Waals surface area contributed by atoms with E-state index in [-0.39, 0.29) is 0 Å². The summed E-state index contributed by atoms with van der Waals surface area (Å²) in [6.07, 6.45) is 0.737. The summed E-state index contributed by atoms with van der Waals surface area (Å²) in [7, 11) is 1.69. The van der Waals surface area contributed by atoms with Gasteiger partial charge in [-0.3, -0.25) is 0 Å². The maximum absolute atomic E-state index is 5.89. The Morgan fingerprint density at radius 3 is 2.53 bits per heavy atom. The molecule has 0 radical (unpaired) electrons. The van der Waals surface area contributed by atoms with Crippen LogP contribution >= 0.6 is 27.5 Å². The van der Waals surface area contributed by atoms with Gasteiger partial charge in [0.1, 0.15) is 11.6 Å². The highest BCUT2D eigenvalue weighted by Crippen LogP contribution is 2.14. The third-order valence-corrected chi connectivity index (χ3v) is 3.57. The monoisotopic (exact) mass is 343 g/mol. The molecule has 0 aliphatic rings. The third-order valence-electron chi connectivity index (χ3n) is 2.82. The lowest BCUT2D eigenvalue weighted by Gasteiger charge is -2.08. The summed E-state index contributed by atoms with van der Waals surface area (Å²) in [5.41, 5.74) is 1.16. The van der Waals surface area contributed by atoms with Crippen LogP contribution in [0.25, 0.3) is 0 Å². The van der Waals surface area contributed by atoms with Gasteiger partial charge in [-0.25, -0.2) is 0 Å². The minimum Gasteiger partial charge on any atom is -0.383 e. The fourth-order valence-corrected chi connectivity index (χ4v) is 2.37. The summed E-state index contributed by atoms with van der Waals surface area (Å²) in [4.78, 5) is 0. The van der Waals surface area contributed by atoms with Crippen molar-refractivity contribution in [1.82, 2.24) is 14.8 Å². The molecular weight excluding hydrogens is 330 g/mol. The van der Waals surface area contributed by atoms with Crippen molar-refractivity contribution in [1.29, 1.82) is 0 Å². The van der Waals surface area contributed by atoms with Crippen LogP contribution in [-0.2, 0) is 23.0 Å². The Hall–Kier alpha value is -0.910. The first-order chi connectivity index (χ1) is 9.24. The smallest absolute Gasteiger partial charge is 0.143 e. The lowest BCUT2D eigenvalue weighted by Crippen LogP contribution is -2.11. The Morgan fingerprint density at radius 2 is 1.89 bits per heavy atom. The summed E-state index contributed by atoms with van der Waals surface area (Å²) in [5.74, 6) is 1.86. The highest BCUT2D eigenvalue weighted by atomic mass is 79.9. The first-order valence-corrected chi connectivity index (χ1v) is 7.45. The molecule has 0 aliphatic heterocycles. The molecule has 0 bridgehead atoms. The van der Waals surface area contributed by atoms with Crippen LogP contribution in [-0.4, -0.2) is 28.5 Å². The molecule has 0 aliphatic carbocycles. The molecule has 2 aromatic rings. The Morgan fingerprint density at radius 1 is 1.21 bits per heavy atom. The largest absolute Gasteiger partial charge is 0.383 e. The first-order valence-electron chi connectivity index (χ1n) is 5.95. The molecule has 6 heteroatoms. The number of halogens is 2. The molecule has 4 nitrogen and oxygen atoms in total. The van der Waals surface area contributed by atoms with Crippen LogP contribution in [0.4, 0.5) is 0 Å². The highest BCUT2D eigenvalue weighted by molar-refractivity contribution is 9.08. The summed E-state index contributed by atoms with van der Waals surface area (Å²) < 4.78 is 7.22. The third kappa shape index (κ3) is 3.78. The van der Waals surface area contributed by atoms with Crippen molar-refractivity contribution >= 4 is 27.5 Å². The Balaban J connectivity index is 2.19. The lowest BCUT2D eigenvalue weighted by atomic mass is 10.1. The van der Waals surface area contributed by atoms with E-state index >= 15 is 0 Å². The molecule has 0 fully saturated rings. The van der Waals surface area contributed by atoms with Gasteiger partial charge in [-0.05, 0) is 17.7 Å². The molecule has 0 saturated carbocycles. The van der Waals surface area contributed by atoms with E-state index in [1.807, 2.05) is 24.3 Å². The summed E-state index contributed by atoms with van der Waals surface area (Å²) >= 11 is 9.31. The van der Waals surface area contributed by atoms with E-state index in [0.717, 1.165) is 35.2 Å². The van der Waals surface area contributed by atoms with Gasteiger partial charge in [-0.1, -0.05) is 39.7 Å². The van der Waals surface area contributed by atoms with Crippen molar-refractivity contribution in [3.8, 4) is 0 Å². The SMILES string of the molecule is COCCn1c(CBr)nnc1Cc1ccc(Cl)cc1. The van der Waals surface area contributed by atoms with Crippen molar-refractivity contribution < 1.29 is 4.74 Å². The number of hydrogen-bond acceptors (Lipinski definition) is 3. The summed E-state index contributed by atoms with van der Waals surface area (Å²) in [5, 5.41) is 9.86. The van der Waals surface area contributed by atoms with Crippen LogP contribution in [0.5, 0.6) is 0 Å². The van der Waals surface area contributed by atoms with E-state index in [9.17, 15) is 0 Å². The Kier molecular flexibility index (Phi) is 5.36. The molecule has 0 unspecified atom stereocenters. The maximum Gasteiger partial charge on any atom is 0.143 e. The van der Waals surface area contributed by atoms with Crippen LogP contribution < -0.4 is 0 Å². The van der Waals surface area contributed by atoms with Gasteiger partial charge in [0, 0.05) is 25.1 Å². The molecule has 1 heterocycles. The number of rotatable bonds is 6. The Bertz CT molecular complexity index is 527. The zero-order chi connectivity index (χ0) is 13.7. The van der Waals surface area contributed by atoms with Gasteiger partial charge in [0.15, 0.2) is 0 Å². The number of alkyl halides is 1. The average Bonchev–Trinajstić information content (AvgIpc) is 2.81. The van der Waals surface area contributed by atoms with Gasteiger partial charge < -0.3 is 9.30 Å². The predicted octanol–water partition coefficient (Wildman–Crippen LogP) is 3.06. The maximum atomic E-state index is 5.89. The van der Waals surface area contributed by atoms with Crippen LogP contribution in [0.3, 0.4) is 0 Å². The molecule has 2 rings (SSSR count). The second kappa shape index (κ2) is 7.03. The molecular formula is C13H15BrClN3O. The number of aromatic nitrogens is 3. The molecule has 0 N–H and O–H groups in total. The number of methoxy groups -OCH3 is 1. The average molecular weight is 345 g/mol. The zero-order valence-electron chi connectivity index (χ0n) is 10.6. The van der Waals surface area contributed by atoms with Crippen LogP contribution in [0.15, 0.2) is 24.3 Å². The van der Waals surface area contributed by atoms with Gasteiger partial charge in [-0.15, -0.1) is 10.2 Å². The number of benzene rings is 1. The van der Waals surface area contributed by atoms with Gasteiger partial charge in [0.05, 0.1) is 11.9 Å². The standard InChI is InChI=1S/C13H15BrClN3O/c1-19-7-6-18-12(16-17-13(18)9-14)8-10-2-4-11(15)5-3-10/h2-5H,6-9H2,1H3. The molecule has 0 saturated heterocycles. The zero-order valence-corrected chi connectivity index (χ0v) is 13.0. The minimum atomic E-state index is 0.645. The first kappa shape index (κ1) is 14.5. The van der Waals surface area contributed by atoms with Crippen molar-refractivity contribution in [3.63, 3.8) is 0 Å². The van der Waals surface area contributed by atoms with Crippen molar-refractivity contribution in [2.75, 3.05) is 13.7 Å². The van der Waals surface area contributed by atoms with Gasteiger partial charge >= 0.3 is 0 Å². The molecule has 0 atom stereocenters. The predicted molar refractivity (Wildman–Crippen MR) is 78.8 cm³/mol. The van der Waals surface area contributed by atoms with Gasteiger partial charge in [0.25, 0.3) is 0 Å². The normalized spacial score (nSPS) is 10.9. The topological polar surface area (TPSA) is 39.9 Å². The van der Waals surface area contributed by atoms with E-state index in [0.29, 0.717) is 11.9 Å². The molecule has 1 aromatic carbocycles. The summed E-state index contributed by atoms with van der Waals surface area (Å²) in [6.45, 7) is 1.40. The van der Waals surface area contributed by atoms with Crippen molar-refractivity contribution in [3.05, 3.63) is 46.5 Å². The second-order valence-corrected chi connectivity index (χ2v) is 5.11. The van der Waals surface area contributed by atoms with Crippen molar-refractivity contribution in [2.24, 2.45) is 0 Å². The van der Waals surface area contributed by atoms with Gasteiger partial charge in [0.2, 0.25) is 0 Å². The van der Waals surface area contributed by atoms with E-state index in [2.05, 4.69) is 30.7 Å². The van der Waals surface area contributed by atoms with Crippen LogP contribution in [0.2, 0.25) is 5.02 Å². The number of nitrogens with zero attached hydrogens (tertiary/aromatic N) is 3. The fourth-order valence-electron chi connectivity index (χ4n) is 1.83. The number of ether oxygens (including phenoxy) is 1. The van der Waals surface area contributed by atoms with Crippen LogP contribution in [0.1, 0.15) is 17.2 Å². The summed E-state index contributed by atoms with van der Waals surface area (Å²) in [6, 6.07) is 7.78. The van der Waals surface area contributed by atoms with E-state index in [4.69, 9.17) is 16.3 Å². The van der Waals surface area contributed by atoms with Crippen molar-refractivity contribution in [2.45, 2.75) is 18.3 Å². The fraction of sp³-hybridized carbons (Fsp3) is 0.385. The molecule has 19 heavy (non-hydrogen) atoms. The molecule has 1 aromatic heterocycles. The molecule has 0 spiro atoms.